The van der Waals surface area contributed by atoms with Crippen LogP contribution < -0.4 is 10.0 Å². The minimum atomic E-state index is -4.39. The summed E-state index contributed by atoms with van der Waals surface area (Å²) < 4.78 is 32.0. The molecular formula is C10H14N2O4S. The first-order chi connectivity index (χ1) is 7.79. The van der Waals surface area contributed by atoms with Crippen LogP contribution in [0.4, 0.5) is 5.69 Å². The fourth-order valence-corrected chi connectivity index (χ4v) is 1.70. The van der Waals surface area contributed by atoms with Crippen LogP contribution in [0.5, 0.6) is 0 Å². The predicted octanol–water partition coefficient (Wildman–Crippen LogP) is 1.04. The van der Waals surface area contributed by atoms with Crippen molar-refractivity contribution in [2.24, 2.45) is 0 Å². The molecule has 0 heterocycles. The van der Waals surface area contributed by atoms with E-state index in [9.17, 15) is 13.2 Å². The van der Waals surface area contributed by atoms with Crippen LogP contribution in [0.25, 0.3) is 0 Å². The number of carbonyl (C=O) groups is 1. The molecule has 0 saturated heterocycles. The van der Waals surface area contributed by atoms with Crippen LogP contribution in [-0.2, 0) is 10.3 Å². The van der Waals surface area contributed by atoms with Crippen molar-refractivity contribution in [3.8, 4) is 0 Å². The second-order valence-electron chi connectivity index (χ2n) is 3.75. The molecule has 0 bridgehead atoms. The van der Waals surface area contributed by atoms with Crippen LogP contribution in [0.3, 0.4) is 0 Å². The highest BCUT2D eigenvalue weighted by Crippen LogP contribution is 2.16. The van der Waals surface area contributed by atoms with Crippen LogP contribution in [0, 0.1) is 0 Å². The Labute approximate surface area is 99.9 Å². The number of anilines is 1. The summed E-state index contributed by atoms with van der Waals surface area (Å²) in [6.45, 7) is 3.58. The second kappa shape index (κ2) is 5.15. The van der Waals surface area contributed by atoms with Crippen LogP contribution in [-0.4, -0.2) is 24.9 Å². The molecule has 0 aliphatic carbocycles. The van der Waals surface area contributed by atoms with Crippen molar-refractivity contribution in [2.45, 2.75) is 19.9 Å². The molecule has 0 unspecified atom stereocenters. The number of hydrogen-bond donors (Lipinski definition) is 3. The first kappa shape index (κ1) is 13.5. The highest BCUT2D eigenvalue weighted by Gasteiger charge is 2.14. The van der Waals surface area contributed by atoms with Gasteiger partial charge in [0.2, 0.25) is 0 Å². The molecule has 0 spiro atoms. The summed E-state index contributed by atoms with van der Waals surface area (Å²) in [5, 5.41) is 2.63. The maximum atomic E-state index is 11.7. The molecule has 0 aromatic heterocycles. The van der Waals surface area contributed by atoms with E-state index >= 15 is 0 Å². The Bertz CT molecular complexity index is 511. The van der Waals surface area contributed by atoms with Gasteiger partial charge in [0.15, 0.2) is 0 Å². The third-order valence-electron chi connectivity index (χ3n) is 1.83. The standard InChI is InChI=1S/C10H14N2O4S/c1-7(2)11-10(13)8-5-3-4-6-9(8)12-17(14,15)16/h3-7,12H,1-2H3,(H,11,13)(H,14,15,16). The lowest BCUT2D eigenvalue weighted by Crippen LogP contribution is -2.31. The average Bonchev–Trinajstić information content (AvgIpc) is 2.14. The summed E-state index contributed by atoms with van der Waals surface area (Å²) in [6, 6.07) is 5.94. The topological polar surface area (TPSA) is 95.5 Å². The summed E-state index contributed by atoms with van der Waals surface area (Å²) in [4.78, 5) is 11.7. The number of hydrogen-bond acceptors (Lipinski definition) is 3. The van der Waals surface area contributed by atoms with E-state index < -0.39 is 16.2 Å². The van der Waals surface area contributed by atoms with E-state index in [0.29, 0.717) is 0 Å². The first-order valence-electron chi connectivity index (χ1n) is 4.94. The Morgan fingerprint density at radius 3 is 2.41 bits per heavy atom. The summed E-state index contributed by atoms with van der Waals surface area (Å²) >= 11 is 0. The molecule has 0 fully saturated rings. The Morgan fingerprint density at radius 2 is 1.88 bits per heavy atom. The minimum Gasteiger partial charge on any atom is -0.350 e. The van der Waals surface area contributed by atoms with Gasteiger partial charge in [-0.25, -0.2) is 0 Å². The first-order valence-corrected chi connectivity index (χ1v) is 6.38. The van der Waals surface area contributed by atoms with Crippen LogP contribution >= 0.6 is 0 Å². The predicted molar refractivity (Wildman–Crippen MR) is 64.2 cm³/mol. The summed E-state index contributed by atoms with van der Waals surface area (Å²) in [6.07, 6.45) is 0. The minimum absolute atomic E-state index is 0.0353. The normalized spacial score (nSPS) is 11.3. The highest BCUT2D eigenvalue weighted by atomic mass is 32.2. The fraction of sp³-hybridized carbons (Fsp3) is 0.300. The van der Waals surface area contributed by atoms with Gasteiger partial charge in [-0.15, -0.1) is 0 Å². The zero-order valence-electron chi connectivity index (χ0n) is 9.47. The van der Waals surface area contributed by atoms with Crippen molar-refractivity contribution in [1.82, 2.24) is 5.32 Å². The van der Waals surface area contributed by atoms with Gasteiger partial charge < -0.3 is 5.32 Å². The molecule has 0 aliphatic rings. The van der Waals surface area contributed by atoms with E-state index in [1.54, 1.807) is 26.0 Å². The molecule has 17 heavy (non-hydrogen) atoms. The van der Waals surface area contributed by atoms with E-state index in [2.05, 4.69) is 5.32 Å². The van der Waals surface area contributed by atoms with E-state index in [-0.39, 0.29) is 17.3 Å². The van der Waals surface area contributed by atoms with Gasteiger partial charge in [0.05, 0.1) is 11.3 Å². The Hall–Kier alpha value is -1.60. The number of rotatable bonds is 4. The molecule has 94 valence electrons. The lowest BCUT2D eigenvalue weighted by Gasteiger charge is -2.12. The maximum absolute atomic E-state index is 11.7. The van der Waals surface area contributed by atoms with Gasteiger partial charge in [-0.1, -0.05) is 12.1 Å². The number of amides is 1. The van der Waals surface area contributed by atoms with Gasteiger partial charge in [-0.05, 0) is 26.0 Å². The summed E-state index contributed by atoms with van der Waals surface area (Å²) in [5.41, 5.74) is 0.187. The average molecular weight is 258 g/mol. The van der Waals surface area contributed by atoms with Crippen molar-refractivity contribution in [3.63, 3.8) is 0 Å². The monoisotopic (exact) mass is 258 g/mol. The molecule has 0 radical (unpaired) electrons. The molecule has 1 aromatic rings. The molecule has 6 nitrogen and oxygen atoms in total. The molecule has 1 rings (SSSR count). The third kappa shape index (κ3) is 4.41. The largest absolute Gasteiger partial charge is 0.357 e. The van der Waals surface area contributed by atoms with E-state index in [1.165, 1.54) is 12.1 Å². The molecule has 1 amide bonds. The summed E-state index contributed by atoms with van der Waals surface area (Å²) in [5.74, 6) is -0.410. The fourth-order valence-electron chi connectivity index (χ4n) is 1.25. The van der Waals surface area contributed by atoms with Crippen molar-refractivity contribution in [1.29, 1.82) is 0 Å². The van der Waals surface area contributed by atoms with Gasteiger partial charge in [0.1, 0.15) is 0 Å². The number of benzene rings is 1. The molecule has 0 saturated carbocycles. The lowest BCUT2D eigenvalue weighted by molar-refractivity contribution is 0.0944. The molecule has 0 atom stereocenters. The summed E-state index contributed by atoms with van der Waals surface area (Å²) in [7, 11) is -4.39. The molecular weight excluding hydrogens is 244 g/mol. The van der Waals surface area contributed by atoms with E-state index in [4.69, 9.17) is 4.55 Å². The number of nitrogens with one attached hydrogen (secondary N) is 2. The quantitative estimate of drug-likeness (QED) is 0.703. The van der Waals surface area contributed by atoms with Crippen molar-refractivity contribution in [2.75, 3.05) is 4.72 Å². The number of carbonyl (C=O) groups excluding carboxylic acids is 1. The molecule has 3 N–H and O–H groups in total. The Balaban J connectivity index is 3.04. The Kier molecular flexibility index (Phi) is 4.08. The zero-order valence-corrected chi connectivity index (χ0v) is 10.3. The van der Waals surface area contributed by atoms with E-state index in [0.717, 1.165) is 0 Å². The van der Waals surface area contributed by atoms with Crippen LogP contribution in [0.2, 0.25) is 0 Å². The lowest BCUT2D eigenvalue weighted by atomic mass is 10.1. The van der Waals surface area contributed by atoms with Crippen molar-refractivity contribution >= 4 is 21.9 Å². The third-order valence-corrected chi connectivity index (χ3v) is 2.31. The smallest absolute Gasteiger partial charge is 0.350 e. The highest BCUT2D eigenvalue weighted by molar-refractivity contribution is 7.87. The van der Waals surface area contributed by atoms with Gasteiger partial charge in [0.25, 0.3) is 5.91 Å². The molecule has 0 aliphatic heterocycles. The molecule has 1 aromatic carbocycles. The van der Waals surface area contributed by atoms with Gasteiger partial charge in [-0.2, -0.15) is 8.42 Å². The molecule has 7 heteroatoms. The van der Waals surface area contributed by atoms with Gasteiger partial charge >= 0.3 is 10.3 Å². The zero-order chi connectivity index (χ0) is 13.1. The van der Waals surface area contributed by atoms with Crippen molar-refractivity contribution in [3.05, 3.63) is 29.8 Å². The van der Waals surface area contributed by atoms with Crippen LogP contribution in [0.15, 0.2) is 24.3 Å². The van der Waals surface area contributed by atoms with Gasteiger partial charge in [0, 0.05) is 6.04 Å². The van der Waals surface area contributed by atoms with E-state index in [1.807, 2.05) is 4.72 Å². The second-order valence-corrected chi connectivity index (χ2v) is 4.91. The Morgan fingerprint density at radius 1 is 1.29 bits per heavy atom. The number of para-hydroxylation sites is 1. The van der Waals surface area contributed by atoms with Crippen molar-refractivity contribution < 1.29 is 17.8 Å². The SMILES string of the molecule is CC(C)NC(=O)c1ccccc1NS(=O)(=O)O. The maximum Gasteiger partial charge on any atom is 0.357 e. The van der Waals surface area contributed by atoms with Crippen LogP contribution in [0.1, 0.15) is 24.2 Å². The van der Waals surface area contributed by atoms with Gasteiger partial charge in [-0.3, -0.25) is 14.1 Å².